The molecular formula is C18H28O3. The summed E-state index contributed by atoms with van der Waals surface area (Å²) in [6, 6.07) is 0. The predicted octanol–water partition coefficient (Wildman–Crippen LogP) is 2.67. The molecule has 0 aliphatic carbocycles. The van der Waals surface area contributed by atoms with Gasteiger partial charge in [0.25, 0.3) is 0 Å². The van der Waals surface area contributed by atoms with Gasteiger partial charge in [0.05, 0.1) is 6.10 Å². The highest BCUT2D eigenvalue weighted by Gasteiger charge is 2.24. The third-order valence-electron chi connectivity index (χ3n) is 3.15. The fraction of sp³-hybridized carbons (Fsp3) is 0.667. The van der Waals surface area contributed by atoms with E-state index in [0.29, 0.717) is 6.42 Å². The molecule has 21 heavy (non-hydrogen) atoms. The maximum atomic E-state index is 10.0. The highest BCUT2D eigenvalue weighted by Crippen LogP contribution is 2.13. The third-order valence-corrected chi connectivity index (χ3v) is 3.15. The van der Waals surface area contributed by atoms with Gasteiger partial charge in [-0.1, -0.05) is 37.7 Å². The van der Waals surface area contributed by atoms with E-state index in [4.69, 9.17) is 4.74 Å². The molecule has 0 aliphatic heterocycles. The minimum atomic E-state index is -1.13. The Morgan fingerprint density at radius 1 is 1.19 bits per heavy atom. The van der Waals surface area contributed by atoms with E-state index in [0.717, 1.165) is 38.5 Å². The lowest BCUT2D eigenvalue weighted by atomic mass is 10.0. The molecule has 0 rings (SSSR count). The first-order chi connectivity index (χ1) is 10.2. The number of rotatable bonds is 10. The van der Waals surface area contributed by atoms with Gasteiger partial charge in [-0.15, -0.1) is 6.58 Å². The summed E-state index contributed by atoms with van der Waals surface area (Å²) in [6.45, 7) is 5.72. The molecule has 3 atom stereocenters. The Morgan fingerprint density at radius 2 is 1.95 bits per heavy atom. The lowest BCUT2D eigenvalue weighted by Gasteiger charge is -2.23. The second kappa shape index (κ2) is 13.7. The standard InChI is InChI=1S/C18H28O3/c1-4-6-8-10-12-14-16(19)18(20)17(21-3)15-13-11-9-7-5-2/h5,16-20H,2,4,6-7,9,11,13,15H2,1,3H3/t16-,17-,18-/m0/s1. The van der Waals surface area contributed by atoms with Crippen LogP contribution in [0.15, 0.2) is 12.7 Å². The van der Waals surface area contributed by atoms with Crippen molar-refractivity contribution in [3.05, 3.63) is 12.7 Å². The van der Waals surface area contributed by atoms with Crippen LogP contribution >= 0.6 is 0 Å². The number of hydrogen-bond donors (Lipinski definition) is 2. The van der Waals surface area contributed by atoms with Crippen molar-refractivity contribution in [3.8, 4) is 23.7 Å². The molecule has 0 fully saturated rings. The van der Waals surface area contributed by atoms with E-state index in [9.17, 15) is 10.2 Å². The predicted molar refractivity (Wildman–Crippen MR) is 86.6 cm³/mol. The van der Waals surface area contributed by atoms with E-state index in [2.05, 4.69) is 30.3 Å². The van der Waals surface area contributed by atoms with E-state index in [1.807, 2.05) is 13.0 Å². The topological polar surface area (TPSA) is 49.7 Å². The largest absolute Gasteiger partial charge is 0.387 e. The Bertz CT molecular complexity index is 381. The summed E-state index contributed by atoms with van der Waals surface area (Å²) < 4.78 is 5.25. The van der Waals surface area contributed by atoms with E-state index >= 15 is 0 Å². The summed E-state index contributed by atoms with van der Waals surface area (Å²) >= 11 is 0. The molecule has 0 aliphatic rings. The van der Waals surface area contributed by atoms with E-state index < -0.39 is 18.3 Å². The average molecular weight is 292 g/mol. The summed E-state index contributed by atoms with van der Waals surface area (Å²) in [4.78, 5) is 0. The summed E-state index contributed by atoms with van der Waals surface area (Å²) in [5.41, 5.74) is 0. The number of hydrogen-bond acceptors (Lipinski definition) is 3. The molecule has 2 N–H and O–H groups in total. The Morgan fingerprint density at radius 3 is 2.57 bits per heavy atom. The molecular weight excluding hydrogens is 264 g/mol. The van der Waals surface area contributed by atoms with Crippen molar-refractivity contribution in [2.45, 2.75) is 70.2 Å². The Hall–Kier alpha value is -1.26. The van der Waals surface area contributed by atoms with Gasteiger partial charge in [0.15, 0.2) is 0 Å². The zero-order valence-electron chi connectivity index (χ0n) is 13.3. The van der Waals surface area contributed by atoms with Crippen LogP contribution in [0.25, 0.3) is 0 Å². The second-order valence-corrected chi connectivity index (χ2v) is 4.96. The minimum Gasteiger partial charge on any atom is -0.387 e. The number of aliphatic hydroxyl groups excluding tert-OH is 2. The molecule has 0 heterocycles. The molecule has 0 saturated heterocycles. The van der Waals surface area contributed by atoms with Gasteiger partial charge in [0, 0.05) is 13.5 Å². The molecule has 0 amide bonds. The van der Waals surface area contributed by atoms with Crippen LogP contribution in [0.3, 0.4) is 0 Å². The summed E-state index contributed by atoms with van der Waals surface area (Å²) in [5.74, 6) is 10.7. The first-order valence-electron chi connectivity index (χ1n) is 7.65. The summed E-state index contributed by atoms with van der Waals surface area (Å²) in [7, 11) is 1.54. The van der Waals surface area contributed by atoms with Crippen molar-refractivity contribution in [1.82, 2.24) is 0 Å². The molecule has 0 radical (unpaired) electrons. The van der Waals surface area contributed by atoms with Crippen molar-refractivity contribution in [3.63, 3.8) is 0 Å². The number of aliphatic hydroxyl groups is 2. The van der Waals surface area contributed by atoms with Crippen LogP contribution in [0.1, 0.15) is 51.9 Å². The van der Waals surface area contributed by atoms with Crippen LogP contribution in [0.4, 0.5) is 0 Å². The van der Waals surface area contributed by atoms with Gasteiger partial charge in [-0.05, 0) is 37.5 Å². The normalized spacial score (nSPS) is 14.1. The van der Waals surface area contributed by atoms with Crippen molar-refractivity contribution in [2.75, 3.05) is 7.11 Å². The first kappa shape index (κ1) is 19.7. The molecule has 0 aromatic carbocycles. The Kier molecular flexibility index (Phi) is 12.9. The average Bonchev–Trinajstić information content (AvgIpc) is 2.50. The molecule has 0 aromatic heterocycles. The molecule has 0 aromatic rings. The molecule has 0 spiro atoms. The lowest BCUT2D eigenvalue weighted by Crippen LogP contribution is -2.37. The SMILES string of the molecule is C=CCCCCC[C@H](OC)[C@@H](O)[C@@H](O)C#CC#CCCC. The highest BCUT2D eigenvalue weighted by molar-refractivity contribution is 5.27. The summed E-state index contributed by atoms with van der Waals surface area (Å²) in [5, 5.41) is 19.9. The maximum absolute atomic E-state index is 10.0. The van der Waals surface area contributed by atoms with E-state index in [1.54, 1.807) is 7.11 Å². The van der Waals surface area contributed by atoms with E-state index in [1.165, 1.54) is 0 Å². The highest BCUT2D eigenvalue weighted by atomic mass is 16.5. The lowest BCUT2D eigenvalue weighted by molar-refractivity contribution is -0.0611. The monoisotopic (exact) mass is 292 g/mol. The van der Waals surface area contributed by atoms with Gasteiger partial charge in [-0.25, -0.2) is 0 Å². The smallest absolute Gasteiger partial charge is 0.144 e. The van der Waals surface area contributed by atoms with E-state index in [-0.39, 0.29) is 0 Å². The maximum Gasteiger partial charge on any atom is 0.144 e. The van der Waals surface area contributed by atoms with Gasteiger partial charge in [0.2, 0.25) is 0 Å². The van der Waals surface area contributed by atoms with Crippen LogP contribution in [0.5, 0.6) is 0 Å². The van der Waals surface area contributed by atoms with Crippen molar-refractivity contribution < 1.29 is 14.9 Å². The third kappa shape index (κ3) is 10.2. The van der Waals surface area contributed by atoms with Gasteiger partial charge in [-0.2, -0.15) is 0 Å². The molecule has 3 nitrogen and oxygen atoms in total. The molecule has 118 valence electrons. The summed E-state index contributed by atoms with van der Waals surface area (Å²) in [6.07, 6.45) is 5.95. The fourth-order valence-corrected chi connectivity index (χ4v) is 1.87. The second-order valence-electron chi connectivity index (χ2n) is 4.96. The zero-order chi connectivity index (χ0) is 15.9. The van der Waals surface area contributed by atoms with Crippen molar-refractivity contribution in [2.24, 2.45) is 0 Å². The minimum absolute atomic E-state index is 0.401. The van der Waals surface area contributed by atoms with Crippen LogP contribution < -0.4 is 0 Å². The number of methoxy groups -OCH3 is 1. The molecule has 0 bridgehead atoms. The van der Waals surface area contributed by atoms with Crippen molar-refractivity contribution in [1.29, 1.82) is 0 Å². The molecule has 3 heteroatoms. The van der Waals surface area contributed by atoms with Crippen LogP contribution in [0.2, 0.25) is 0 Å². The molecule has 0 unspecified atom stereocenters. The van der Waals surface area contributed by atoms with Gasteiger partial charge in [0.1, 0.15) is 12.2 Å². The van der Waals surface area contributed by atoms with Gasteiger partial charge < -0.3 is 14.9 Å². The number of allylic oxidation sites excluding steroid dienone is 1. The number of ether oxygens (including phenoxy) is 1. The quantitative estimate of drug-likeness (QED) is 0.370. The van der Waals surface area contributed by atoms with Crippen molar-refractivity contribution >= 4 is 0 Å². The Balaban J connectivity index is 4.20. The van der Waals surface area contributed by atoms with Crippen LogP contribution in [-0.4, -0.2) is 35.6 Å². The Labute approximate surface area is 129 Å². The molecule has 0 saturated carbocycles. The van der Waals surface area contributed by atoms with Crippen LogP contribution in [-0.2, 0) is 4.74 Å². The van der Waals surface area contributed by atoms with Gasteiger partial charge in [-0.3, -0.25) is 0 Å². The van der Waals surface area contributed by atoms with Crippen LogP contribution in [0, 0.1) is 23.7 Å². The first-order valence-corrected chi connectivity index (χ1v) is 7.65. The van der Waals surface area contributed by atoms with Gasteiger partial charge >= 0.3 is 0 Å². The number of unbranched alkanes of at least 4 members (excludes halogenated alkanes) is 4. The zero-order valence-corrected chi connectivity index (χ0v) is 13.3. The fourth-order valence-electron chi connectivity index (χ4n) is 1.87.